The average Bonchev–Trinajstić information content (AvgIpc) is 2.27. The lowest BCUT2D eigenvalue weighted by atomic mass is 9.97. The number of aliphatic hydroxyl groups excluding tert-OH is 1. The molecule has 5 nitrogen and oxygen atoms in total. The number of rotatable bonds is 4. The molecule has 0 aliphatic heterocycles. The second-order valence-electron chi connectivity index (χ2n) is 5.35. The van der Waals surface area contributed by atoms with Gasteiger partial charge in [0.25, 0.3) is 0 Å². The van der Waals surface area contributed by atoms with Gasteiger partial charge >= 0.3 is 11.9 Å². The van der Waals surface area contributed by atoms with E-state index >= 15 is 0 Å². The molecule has 1 atom stereocenters. The van der Waals surface area contributed by atoms with E-state index in [0.717, 1.165) is 0 Å². The predicted molar refractivity (Wildman–Crippen MR) is 68.9 cm³/mol. The molecule has 2 N–H and O–H groups in total. The number of carboxylic acid groups (broad SMARTS) is 1. The second kappa shape index (κ2) is 5.84. The molecule has 0 aromatic heterocycles. The van der Waals surface area contributed by atoms with Crippen molar-refractivity contribution in [1.29, 1.82) is 0 Å². The highest BCUT2D eigenvalue weighted by Gasteiger charge is 2.23. The van der Waals surface area contributed by atoms with Crippen LogP contribution in [0.1, 0.15) is 26.3 Å². The Hall–Kier alpha value is -1.88. The van der Waals surface area contributed by atoms with Crippen LogP contribution in [0.25, 0.3) is 0 Å². The minimum absolute atomic E-state index is 0.0315. The highest BCUT2D eigenvalue weighted by atomic mass is 16.5. The quantitative estimate of drug-likeness (QED) is 0.639. The van der Waals surface area contributed by atoms with Gasteiger partial charge in [-0.15, -0.1) is 0 Å². The summed E-state index contributed by atoms with van der Waals surface area (Å²) in [5, 5.41) is 17.9. The number of esters is 1. The Morgan fingerprint density at radius 2 is 1.95 bits per heavy atom. The molecule has 0 aliphatic carbocycles. The number of carboxylic acids is 1. The molecule has 0 spiro atoms. The molecule has 0 aliphatic rings. The van der Waals surface area contributed by atoms with Crippen LogP contribution in [0.2, 0.25) is 0 Å². The fourth-order valence-corrected chi connectivity index (χ4v) is 1.31. The Morgan fingerprint density at radius 3 is 2.47 bits per heavy atom. The van der Waals surface area contributed by atoms with Crippen LogP contribution in [-0.2, 0) is 16.0 Å². The van der Waals surface area contributed by atoms with E-state index in [9.17, 15) is 14.7 Å². The zero-order chi connectivity index (χ0) is 14.6. The zero-order valence-electron chi connectivity index (χ0n) is 11.2. The summed E-state index contributed by atoms with van der Waals surface area (Å²) in [6.45, 7) is 5.23. The Kier molecular flexibility index (Phi) is 4.67. The number of hydrogen-bond donors (Lipinski definition) is 2. The van der Waals surface area contributed by atoms with Gasteiger partial charge in [0.05, 0.1) is 5.41 Å². The van der Waals surface area contributed by atoms with Crippen molar-refractivity contribution in [2.75, 3.05) is 0 Å². The number of aliphatic carboxylic acids is 1. The fraction of sp³-hybridized carbons (Fsp3) is 0.429. The molecule has 1 aromatic rings. The first kappa shape index (κ1) is 15.2. The molecule has 1 rings (SSSR count). The van der Waals surface area contributed by atoms with Gasteiger partial charge in [0, 0.05) is 6.42 Å². The van der Waals surface area contributed by atoms with Gasteiger partial charge in [0.1, 0.15) is 5.75 Å². The van der Waals surface area contributed by atoms with Gasteiger partial charge in [-0.05, 0) is 38.5 Å². The highest BCUT2D eigenvalue weighted by molar-refractivity contribution is 5.78. The normalized spacial score (nSPS) is 12.8. The molecule has 0 fully saturated rings. The number of aliphatic hydroxyl groups is 1. The van der Waals surface area contributed by atoms with Crippen molar-refractivity contribution in [3.8, 4) is 5.75 Å². The van der Waals surface area contributed by atoms with E-state index in [1.54, 1.807) is 45.0 Å². The predicted octanol–water partition coefficient (Wildman–Crippen LogP) is 1.63. The summed E-state index contributed by atoms with van der Waals surface area (Å²) in [7, 11) is 0. The van der Waals surface area contributed by atoms with Crippen molar-refractivity contribution in [2.24, 2.45) is 5.41 Å². The molecule has 0 heterocycles. The minimum atomic E-state index is -1.46. The SMILES string of the molecule is CC(C)(C)C(=O)Oc1cccc(C[C@H](O)C(=O)O)c1. The van der Waals surface area contributed by atoms with Crippen molar-refractivity contribution >= 4 is 11.9 Å². The van der Waals surface area contributed by atoms with Crippen LogP contribution in [0.3, 0.4) is 0 Å². The average molecular weight is 266 g/mol. The van der Waals surface area contributed by atoms with Crippen LogP contribution >= 0.6 is 0 Å². The van der Waals surface area contributed by atoms with Crippen LogP contribution in [0.5, 0.6) is 5.75 Å². The van der Waals surface area contributed by atoms with Crippen molar-refractivity contribution in [3.05, 3.63) is 29.8 Å². The summed E-state index contributed by atoms with van der Waals surface area (Å²) in [5.74, 6) is -1.31. The van der Waals surface area contributed by atoms with E-state index in [1.165, 1.54) is 0 Å². The van der Waals surface area contributed by atoms with Crippen LogP contribution < -0.4 is 4.74 Å². The van der Waals surface area contributed by atoms with E-state index in [1.807, 2.05) is 0 Å². The Bertz CT molecular complexity index is 473. The van der Waals surface area contributed by atoms with Gasteiger partial charge < -0.3 is 14.9 Å². The summed E-state index contributed by atoms with van der Waals surface area (Å²) in [4.78, 5) is 22.3. The lowest BCUT2D eigenvalue weighted by Gasteiger charge is -2.16. The van der Waals surface area contributed by atoms with E-state index in [-0.39, 0.29) is 12.4 Å². The lowest BCUT2D eigenvalue weighted by Crippen LogP contribution is -2.25. The van der Waals surface area contributed by atoms with Crippen LogP contribution in [0.15, 0.2) is 24.3 Å². The van der Waals surface area contributed by atoms with Crippen LogP contribution in [0, 0.1) is 5.41 Å². The molecule has 0 saturated heterocycles. The van der Waals surface area contributed by atoms with E-state index < -0.39 is 17.5 Å². The lowest BCUT2D eigenvalue weighted by molar-refractivity contribution is -0.146. The topological polar surface area (TPSA) is 83.8 Å². The summed E-state index contributed by atoms with van der Waals surface area (Å²) < 4.78 is 5.19. The molecule has 0 unspecified atom stereocenters. The first-order valence-corrected chi connectivity index (χ1v) is 5.92. The number of benzene rings is 1. The minimum Gasteiger partial charge on any atom is -0.479 e. The number of hydrogen-bond acceptors (Lipinski definition) is 4. The summed E-state index contributed by atoms with van der Waals surface area (Å²) in [6.07, 6.45) is -1.50. The number of carbonyl (C=O) groups excluding carboxylic acids is 1. The third-order valence-corrected chi connectivity index (χ3v) is 2.44. The van der Waals surface area contributed by atoms with Gasteiger partial charge in [-0.3, -0.25) is 4.79 Å². The van der Waals surface area contributed by atoms with Gasteiger partial charge in [-0.1, -0.05) is 12.1 Å². The molecular weight excluding hydrogens is 248 g/mol. The maximum absolute atomic E-state index is 11.7. The number of ether oxygens (including phenoxy) is 1. The molecular formula is C14H18O5. The maximum atomic E-state index is 11.7. The van der Waals surface area contributed by atoms with E-state index in [2.05, 4.69) is 0 Å². The van der Waals surface area contributed by atoms with E-state index in [0.29, 0.717) is 11.3 Å². The van der Waals surface area contributed by atoms with Crippen molar-refractivity contribution in [2.45, 2.75) is 33.3 Å². The molecule has 1 aromatic carbocycles. The van der Waals surface area contributed by atoms with E-state index in [4.69, 9.17) is 9.84 Å². The Balaban J connectivity index is 2.78. The summed E-state index contributed by atoms with van der Waals surface area (Å²) in [6, 6.07) is 6.48. The van der Waals surface area contributed by atoms with Crippen LogP contribution in [0.4, 0.5) is 0 Å². The van der Waals surface area contributed by atoms with Crippen molar-refractivity contribution in [1.82, 2.24) is 0 Å². The fourth-order valence-electron chi connectivity index (χ4n) is 1.31. The smallest absolute Gasteiger partial charge is 0.332 e. The van der Waals surface area contributed by atoms with Gasteiger partial charge in [-0.25, -0.2) is 4.79 Å². The first-order chi connectivity index (χ1) is 8.70. The summed E-state index contributed by atoms with van der Waals surface area (Å²) >= 11 is 0. The largest absolute Gasteiger partial charge is 0.479 e. The molecule has 0 bridgehead atoms. The maximum Gasteiger partial charge on any atom is 0.332 e. The molecule has 0 radical (unpaired) electrons. The molecule has 104 valence electrons. The third-order valence-electron chi connectivity index (χ3n) is 2.44. The Morgan fingerprint density at radius 1 is 1.32 bits per heavy atom. The van der Waals surface area contributed by atoms with Gasteiger partial charge in [0.2, 0.25) is 0 Å². The monoisotopic (exact) mass is 266 g/mol. The van der Waals surface area contributed by atoms with Crippen molar-refractivity contribution in [3.63, 3.8) is 0 Å². The van der Waals surface area contributed by atoms with Crippen LogP contribution in [-0.4, -0.2) is 28.3 Å². The third kappa shape index (κ3) is 4.71. The zero-order valence-corrected chi connectivity index (χ0v) is 11.2. The molecule has 19 heavy (non-hydrogen) atoms. The molecule has 0 amide bonds. The molecule has 0 saturated carbocycles. The van der Waals surface area contributed by atoms with Gasteiger partial charge in [-0.2, -0.15) is 0 Å². The first-order valence-electron chi connectivity index (χ1n) is 5.92. The molecule has 5 heteroatoms. The van der Waals surface area contributed by atoms with Crippen molar-refractivity contribution < 1.29 is 24.5 Å². The summed E-state index contributed by atoms with van der Waals surface area (Å²) in [5.41, 5.74) is -0.0227. The van der Waals surface area contributed by atoms with Gasteiger partial charge in [0.15, 0.2) is 6.10 Å². The standard InChI is InChI=1S/C14H18O5/c1-14(2,3)13(18)19-10-6-4-5-9(7-10)8-11(15)12(16)17/h4-7,11,15H,8H2,1-3H3,(H,16,17)/t11-/m0/s1. The second-order valence-corrected chi connectivity index (χ2v) is 5.35. The highest BCUT2D eigenvalue weighted by Crippen LogP contribution is 2.20. The number of carbonyl (C=O) groups is 2. The Labute approximate surface area is 111 Å².